The van der Waals surface area contributed by atoms with E-state index in [9.17, 15) is 9.59 Å². The first-order valence-electron chi connectivity index (χ1n) is 13.2. The molecule has 1 saturated heterocycles. The second-order valence-electron chi connectivity index (χ2n) is 10.6. The molecule has 204 valence electrons. The fraction of sp³-hybridized carbons (Fsp3) is 0.379. The third kappa shape index (κ3) is 5.51. The highest BCUT2D eigenvalue weighted by atomic mass is 16.5. The Balaban J connectivity index is 1.44. The van der Waals surface area contributed by atoms with E-state index in [1.807, 2.05) is 49.1 Å². The number of fused-ring (bicyclic) bond motifs is 1. The van der Waals surface area contributed by atoms with Gasteiger partial charge in [0, 0.05) is 37.4 Å². The molecule has 3 N–H and O–H groups in total. The molecule has 10 heteroatoms. The molecule has 2 aromatic carbocycles. The molecule has 2 aliphatic rings. The second-order valence-corrected chi connectivity index (χ2v) is 10.6. The molecule has 0 spiro atoms. The van der Waals surface area contributed by atoms with Gasteiger partial charge in [-0.3, -0.25) is 9.59 Å². The monoisotopic (exact) mass is 529 g/mol. The molecule has 0 aliphatic carbocycles. The van der Waals surface area contributed by atoms with E-state index < -0.39 is 5.41 Å². The quantitative estimate of drug-likeness (QED) is 0.442. The first-order valence-corrected chi connectivity index (χ1v) is 13.2. The Bertz CT molecular complexity index is 1360. The van der Waals surface area contributed by atoms with Gasteiger partial charge in [0.25, 0.3) is 5.91 Å². The highest BCUT2D eigenvalue weighted by Crippen LogP contribution is 2.40. The van der Waals surface area contributed by atoms with Crippen LogP contribution in [-0.2, 0) is 4.79 Å². The van der Waals surface area contributed by atoms with Crippen LogP contribution in [-0.4, -0.2) is 61.6 Å². The molecule has 1 aromatic heterocycles. The Kier molecular flexibility index (Phi) is 7.38. The molecule has 2 amide bonds. The molecular formula is C29H35N7O3. The summed E-state index contributed by atoms with van der Waals surface area (Å²) >= 11 is 0. The van der Waals surface area contributed by atoms with Gasteiger partial charge >= 0.3 is 0 Å². The van der Waals surface area contributed by atoms with Crippen molar-refractivity contribution in [1.29, 1.82) is 0 Å². The maximum atomic E-state index is 13.3. The summed E-state index contributed by atoms with van der Waals surface area (Å²) in [5.74, 6) is 1.32. The van der Waals surface area contributed by atoms with Crippen LogP contribution >= 0.6 is 0 Å². The number of piperidine rings is 1. The largest absolute Gasteiger partial charge is 0.495 e. The van der Waals surface area contributed by atoms with Crippen LogP contribution in [0.4, 0.5) is 28.8 Å². The number of amides is 2. The Labute approximate surface area is 228 Å². The Morgan fingerprint density at radius 3 is 2.69 bits per heavy atom. The predicted molar refractivity (Wildman–Crippen MR) is 152 cm³/mol. The van der Waals surface area contributed by atoms with Crippen molar-refractivity contribution < 1.29 is 14.3 Å². The Hall–Kier alpha value is -4.18. The summed E-state index contributed by atoms with van der Waals surface area (Å²) in [5, 5.41) is 9.64. The second kappa shape index (κ2) is 10.9. The van der Waals surface area contributed by atoms with Gasteiger partial charge in [-0.15, -0.1) is 0 Å². The highest BCUT2D eigenvalue weighted by molar-refractivity contribution is 6.01. The number of anilines is 5. The van der Waals surface area contributed by atoms with Crippen LogP contribution in [0, 0.1) is 5.41 Å². The fourth-order valence-electron chi connectivity index (χ4n) is 5.08. The number of aromatic nitrogens is 2. The summed E-state index contributed by atoms with van der Waals surface area (Å²) in [6, 6.07) is 15.3. The van der Waals surface area contributed by atoms with Crippen LogP contribution in [0.5, 0.6) is 5.75 Å². The number of hydrogen-bond acceptors (Lipinski definition) is 8. The van der Waals surface area contributed by atoms with Crippen LogP contribution in [0.2, 0.25) is 0 Å². The summed E-state index contributed by atoms with van der Waals surface area (Å²) in [7, 11) is 3.31. The van der Waals surface area contributed by atoms with E-state index in [0.717, 1.165) is 31.6 Å². The molecule has 1 atom stereocenters. The lowest BCUT2D eigenvalue weighted by atomic mass is 9.91. The maximum absolute atomic E-state index is 13.3. The van der Waals surface area contributed by atoms with E-state index in [1.54, 1.807) is 43.5 Å². The lowest BCUT2D eigenvalue weighted by Crippen LogP contribution is -2.45. The first-order chi connectivity index (χ1) is 18.8. The average Bonchev–Trinajstić information content (AvgIpc) is 3.03. The lowest BCUT2D eigenvalue weighted by Gasteiger charge is -2.29. The SMILES string of the molecule is COc1cc(C(=O)NC2CCCNC2)ccc1Nc1ncc2c(n1)N(c1ccccc1)CC(C)(C)C(=O)N2C. The third-order valence-electron chi connectivity index (χ3n) is 7.21. The van der Waals surface area contributed by atoms with Gasteiger partial charge in [0.05, 0.1) is 24.4 Å². The number of carbonyl (C=O) groups excluding carboxylic acids is 2. The Morgan fingerprint density at radius 2 is 1.97 bits per heavy atom. The normalized spacial score (nSPS) is 18.7. The van der Waals surface area contributed by atoms with Crippen molar-refractivity contribution in [3.8, 4) is 5.75 Å². The van der Waals surface area contributed by atoms with Crippen molar-refractivity contribution in [3.05, 3.63) is 60.3 Å². The number of nitrogens with zero attached hydrogens (tertiary/aromatic N) is 4. The molecule has 3 heterocycles. The lowest BCUT2D eigenvalue weighted by molar-refractivity contribution is -0.125. The molecule has 1 fully saturated rings. The molecule has 0 bridgehead atoms. The van der Waals surface area contributed by atoms with Gasteiger partial charge in [-0.05, 0) is 63.6 Å². The molecule has 10 nitrogen and oxygen atoms in total. The van der Waals surface area contributed by atoms with Gasteiger partial charge in [-0.25, -0.2) is 4.98 Å². The van der Waals surface area contributed by atoms with Crippen molar-refractivity contribution in [2.75, 3.05) is 48.9 Å². The van der Waals surface area contributed by atoms with E-state index in [4.69, 9.17) is 9.72 Å². The summed E-state index contributed by atoms with van der Waals surface area (Å²) < 4.78 is 5.61. The number of hydrogen-bond donors (Lipinski definition) is 3. The maximum Gasteiger partial charge on any atom is 0.251 e. The van der Waals surface area contributed by atoms with E-state index in [0.29, 0.717) is 41.0 Å². The summed E-state index contributed by atoms with van der Waals surface area (Å²) in [4.78, 5) is 39.1. The van der Waals surface area contributed by atoms with Crippen LogP contribution < -0.4 is 30.5 Å². The average molecular weight is 530 g/mol. The minimum atomic E-state index is -0.647. The van der Waals surface area contributed by atoms with Crippen LogP contribution in [0.3, 0.4) is 0 Å². The molecule has 5 rings (SSSR count). The first kappa shape index (κ1) is 26.4. The number of para-hydroxylation sites is 1. The molecule has 0 radical (unpaired) electrons. The zero-order valence-corrected chi connectivity index (χ0v) is 22.8. The highest BCUT2D eigenvalue weighted by Gasteiger charge is 2.39. The van der Waals surface area contributed by atoms with Gasteiger partial charge in [0.15, 0.2) is 5.82 Å². The standard InChI is InChI=1S/C29H35N7O3/c1-29(2)18-36(21-10-6-5-7-11-21)25-23(35(3)27(29)38)17-31-28(34-25)33-22-13-12-19(15-24(22)39-4)26(37)32-20-9-8-14-30-16-20/h5-7,10-13,15,17,20,30H,8-9,14,16,18H2,1-4H3,(H,32,37)(H,31,33,34). The number of methoxy groups -OCH3 is 1. The van der Waals surface area contributed by atoms with Gasteiger partial charge in [-0.1, -0.05) is 18.2 Å². The van der Waals surface area contributed by atoms with E-state index in [2.05, 4.69) is 20.9 Å². The number of ether oxygens (including phenoxy) is 1. The number of rotatable bonds is 6. The topological polar surface area (TPSA) is 112 Å². The van der Waals surface area contributed by atoms with Gasteiger partial charge in [0.2, 0.25) is 11.9 Å². The third-order valence-corrected chi connectivity index (χ3v) is 7.21. The number of carbonyl (C=O) groups is 2. The molecule has 1 unspecified atom stereocenters. The fourth-order valence-corrected chi connectivity index (χ4v) is 5.08. The van der Waals surface area contributed by atoms with Gasteiger partial charge in [-0.2, -0.15) is 4.98 Å². The minimum absolute atomic E-state index is 0.00830. The van der Waals surface area contributed by atoms with E-state index >= 15 is 0 Å². The summed E-state index contributed by atoms with van der Waals surface area (Å²) in [6.07, 6.45) is 3.66. The van der Waals surface area contributed by atoms with Crippen LogP contribution in [0.1, 0.15) is 37.0 Å². The predicted octanol–water partition coefficient (Wildman–Crippen LogP) is 3.85. The number of benzene rings is 2. The zero-order chi connectivity index (χ0) is 27.6. The molecule has 3 aromatic rings. The van der Waals surface area contributed by atoms with Crippen molar-refractivity contribution in [3.63, 3.8) is 0 Å². The summed E-state index contributed by atoms with van der Waals surface area (Å²) in [6.45, 7) is 6.09. The minimum Gasteiger partial charge on any atom is -0.495 e. The molecule has 2 aliphatic heterocycles. The van der Waals surface area contributed by atoms with Crippen molar-refractivity contribution in [2.24, 2.45) is 5.41 Å². The van der Waals surface area contributed by atoms with E-state index in [1.165, 1.54) is 0 Å². The van der Waals surface area contributed by atoms with Crippen molar-refractivity contribution in [2.45, 2.75) is 32.7 Å². The van der Waals surface area contributed by atoms with Crippen molar-refractivity contribution in [1.82, 2.24) is 20.6 Å². The Morgan fingerprint density at radius 1 is 1.18 bits per heavy atom. The van der Waals surface area contributed by atoms with Crippen LogP contribution in [0.15, 0.2) is 54.7 Å². The van der Waals surface area contributed by atoms with Gasteiger partial charge < -0.3 is 30.5 Å². The van der Waals surface area contributed by atoms with Crippen molar-refractivity contribution >= 4 is 40.6 Å². The molecular weight excluding hydrogens is 494 g/mol. The van der Waals surface area contributed by atoms with E-state index in [-0.39, 0.29) is 17.9 Å². The zero-order valence-electron chi connectivity index (χ0n) is 22.8. The summed E-state index contributed by atoms with van der Waals surface area (Å²) in [5.41, 5.74) is 2.05. The molecule has 39 heavy (non-hydrogen) atoms. The molecule has 0 saturated carbocycles. The smallest absolute Gasteiger partial charge is 0.251 e. The van der Waals surface area contributed by atoms with Gasteiger partial charge in [0.1, 0.15) is 11.4 Å². The van der Waals surface area contributed by atoms with Crippen LogP contribution in [0.25, 0.3) is 0 Å². The number of nitrogens with one attached hydrogen (secondary N) is 3.